The summed E-state index contributed by atoms with van der Waals surface area (Å²) >= 11 is 6.00. The van der Waals surface area contributed by atoms with Gasteiger partial charge < -0.3 is 10.1 Å². The normalized spacial score (nSPS) is 12.8. The minimum absolute atomic E-state index is 0.0220. The molecule has 0 heterocycles. The molecule has 106 valence electrons. The molecule has 0 spiro atoms. The zero-order valence-corrected chi connectivity index (χ0v) is 12.5. The molecule has 0 aliphatic carbocycles. The topological polar surface area (TPSA) is 72.5 Å². The molecule has 1 atom stereocenters. The Hall–Kier alpha value is -1.27. The van der Waals surface area contributed by atoms with Gasteiger partial charge in [-0.25, -0.2) is 13.2 Å². The van der Waals surface area contributed by atoms with E-state index in [0.29, 0.717) is 16.3 Å². The SMILES string of the molecule is COC(=O)c1ccc(Cl)c(NC(C)CS(C)(=O)=O)c1. The molecule has 0 aliphatic rings. The van der Waals surface area contributed by atoms with Crippen LogP contribution < -0.4 is 5.32 Å². The lowest BCUT2D eigenvalue weighted by atomic mass is 10.2. The van der Waals surface area contributed by atoms with Gasteiger partial charge in [0.15, 0.2) is 0 Å². The molecule has 7 heteroatoms. The molecule has 1 rings (SSSR count). The van der Waals surface area contributed by atoms with Gasteiger partial charge in [0.1, 0.15) is 9.84 Å². The van der Waals surface area contributed by atoms with Crippen LogP contribution >= 0.6 is 11.6 Å². The van der Waals surface area contributed by atoms with E-state index < -0.39 is 15.8 Å². The van der Waals surface area contributed by atoms with Crippen molar-refractivity contribution in [3.8, 4) is 0 Å². The number of anilines is 1. The number of esters is 1. The zero-order valence-electron chi connectivity index (χ0n) is 10.9. The first-order chi connectivity index (χ1) is 8.73. The second kappa shape index (κ2) is 6.25. The summed E-state index contributed by atoms with van der Waals surface area (Å²) in [5.74, 6) is -0.498. The van der Waals surface area contributed by atoms with Crippen molar-refractivity contribution in [3.05, 3.63) is 28.8 Å². The Morgan fingerprint density at radius 3 is 2.63 bits per heavy atom. The monoisotopic (exact) mass is 305 g/mol. The van der Waals surface area contributed by atoms with E-state index in [2.05, 4.69) is 10.1 Å². The Balaban J connectivity index is 2.91. The summed E-state index contributed by atoms with van der Waals surface area (Å²) in [5, 5.41) is 3.38. The van der Waals surface area contributed by atoms with Crippen LogP contribution in [0.1, 0.15) is 17.3 Å². The molecule has 1 aromatic rings. The molecule has 19 heavy (non-hydrogen) atoms. The number of carbonyl (C=O) groups is 1. The number of ether oxygens (including phenoxy) is 1. The first-order valence-corrected chi connectivity index (χ1v) is 7.99. The highest BCUT2D eigenvalue weighted by Gasteiger charge is 2.14. The highest BCUT2D eigenvalue weighted by atomic mass is 35.5. The van der Waals surface area contributed by atoms with Crippen molar-refractivity contribution in [2.45, 2.75) is 13.0 Å². The van der Waals surface area contributed by atoms with Gasteiger partial charge in [-0.15, -0.1) is 0 Å². The maximum atomic E-state index is 11.4. The number of carbonyl (C=O) groups excluding carboxylic acids is 1. The third-order valence-corrected chi connectivity index (χ3v) is 3.78. The molecule has 0 aliphatic heterocycles. The quantitative estimate of drug-likeness (QED) is 0.842. The van der Waals surface area contributed by atoms with Gasteiger partial charge in [-0.3, -0.25) is 0 Å². The second-order valence-corrected chi connectivity index (χ2v) is 6.92. The van der Waals surface area contributed by atoms with Gasteiger partial charge in [-0.1, -0.05) is 11.6 Å². The third kappa shape index (κ3) is 5.08. The van der Waals surface area contributed by atoms with Crippen LogP contribution in [-0.4, -0.2) is 39.5 Å². The molecule has 0 bridgehead atoms. The van der Waals surface area contributed by atoms with Crippen molar-refractivity contribution < 1.29 is 17.9 Å². The van der Waals surface area contributed by atoms with Gasteiger partial charge in [0.2, 0.25) is 0 Å². The van der Waals surface area contributed by atoms with Crippen LogP contribution in [0.5, 0.6) is 0 Å². The van der Waals surface area contributed by atoms with Crippen LogP contribution in [0, 0.1) is 0 Å². The Morgan fingerprint density at radius 1 is 1.47 bits per heavy atom. The van der Waals surface area contributed by atoms with Crippen molar-refractivity contribution in [1.82, 2.24) is 0 Å². The van der Waals surface area contributed by atoms with Crippen LogP contribution in [0.4, 0.5) is 5.69 Å². The smallest absolute Gasteiger partial charge is 0.337 e. The Kier molecular flexibility index (Phi) is 5.20. The van der Waals surface area contributed by atoms with E-state index in [0.717, 1.165) is 6.26 Å². The van der Waals surface area contributed by atoms with Crippen LogP contribution in [-0.2, 0) is 14.6 Å². The first kappa shape index (κ1) is 15.8. The fourth-order valence-electron chi connectivity index (χ4n) is 1.64. The minimum atomic E-state index is -3.08. The summed E-state index contributed by atoms with van der Waals surface area (Å²) in [6.07, 6.45) is 1.16. The Bertz CT molecular complexity index is 571. The van der Waals surface area contributed by atoms with E-state index in [-0.39, 0.29) is 11.8 Å². The minimum Gasteiger partial charge on any atom is -0.465 e. The van der Waals surface area contributed by atoms with Gasteiger partial charge in [-0.05, 0) is 25.1 Å². The molecular formula is C12H16ClNO4S. The van der Waals surface area contributed by atoms with Crippen LogP contribution in [0.2, 0.25) is 5.02 Å². The Labute approximate surface area is 117 Å². The molecule has 1 N–H and O–H groups in total. The number of methoxy groups -OCH3 is 1. The summed E-state index contributed by atoms with van der Waals surface area (Å²) in [6, 6.07) is 4.32. The van der Waals surface area contributed by atoms with Crippen molar-refractivity contribution in [2.75, 3.05) is 24.4 Å². The first-order valence-electron chi connectivity index (χ1n) is 5.55. The molecule has 1 aromatic carbocycles. The van der Waals surface area contributed by atoms with E-state index in [4.69, 9.17) is 11.6 Å². The second-order valence-electron chi connectivity index (χ2n) is 4.32. The molecule has 0 saturated heterocycles. The van der Waals surface area contributed by atoms with Gasteiger partial charge >= 0.3 is 5.97 Å². The average molecular weight is 306 g/mol. The van der Waals surface area contributed by atoms with E-state index in [1.54, 1.807) is 19.1 Å². The lowest BCUT2D eigenvalue weighted by molar-refractivity contribution is 0.0601. The van der Waals surface area contributed by atoms with Gasteiger partial charge in [0, 0.05) is 12.3 Å². The van der Waals surface area contributed by atoms with Crippen molar-refractivity contribution in [3.63, 3.8) is 0 Å². The number of benzene rings is 1. The molecule has 0 fully saturated rings. The predicted molar refractivity (Wildman–Crippen MR) is 75.6 cm³/mol. The van der Waals surface area contributed by atoms with Crippen LogP contribution in [0.25, 0.3) is 0 Å². The standard InChI is InChI=1S/C12H16ClNO4S/c1-8(7-19(3,16)17)14-11-6-9(12(15)18-2)4-5-10(11)13/h4-6,8,14H,7H2,1-3H3. The number of hydrogen-bond donors (Lipinski definition) is 1. The molecule has 0 radical (unpaired) electrons. The summed E-state index contributed by atoms with van der Waals surface area (Å²) < 4.78 is 27.0. The van der Waals surface area contributed by atoms with E-state index in [9.17, 15) is 13.2 Å². The van der Waals surface area contributed by atoms with E-state index in [1.807, 2.05) is 0 Å². The van der Waals surface area contributed by atoms with Gasteiger partial charge in [0.25, 0.3) is 0 Å². The maximum absolute atomic E-state index is 11.4. The fourth-order valence-corrected chi connectivity index (χ4v) is 2.81. The van der Waals surface area contributed by atoms with Gasteiger partial charge in [0.05, 0.1) is 29.1 Å². The molecule has 0 amide bonds. The van der Waals surface area contributed by atoms with Gasteiger partial charge in [-0.2, -0.15) is 0 Å². The Morgan fingerprint density at radius 2 is 2.11 bits per heavy atom. The molecular weight excluding hydrogens is 290 g/mol. The number of hydrogen-bond acceptors (Lipinski definition) is 5. The van der Waals surface area contributed by atoms with E-state index >= 15 is 0 Å². The number of nitrogens with one attached hydrogen (secondary N) is 1. The largest absolute Gasteiger partial charge is 0.465 e. The lowest BCUT2D eigenvalue weighted by Gasteiger charge is -2.16. The molecule has 5 nitrogen and oxygen atoms in total. The van der Waals surface area contributed by atoms with Crippen molar-refractivity contribution in [2.24, 2.45) is 0 Å². The summed E-state index contributed by atoms with van der Waals surface area (Å²) in [7, 11) is -1.80. The fraction of sp³-hybridized carbons (Fsp3) is 0.417. The predicted octanol–water partition coefficient (Wildman–Crippen LogP) is 1.97. The summed E-state index contributed by atoms with van der Waals surface area (Å²) in [6.45, 7) is 1.72. The number of sulfone groups is 1. The highest BCUT2D eigenvalue weighted by Crippen LogP contribution is 2.24. The average Bonchev–Trinajstić information content (AvgIpc) is 2.28. The zero-order chi connectivity index (χ0) is 14.6. The molecule has 0 saturated carbocycles. The number of halogens is 1. The molecule has 0 aromatic heterocycles. The van der Waals surface area contributed by atoms with Crippen molar-refractivity contribution in [1.29, 1.82) is 0 Å². The summed E-state index contributed by atoms with van der Waals surface area (Å²) in [5.41, 5.74) is 0.849. The van der Waals surface area contributed by atoms with Crippen LogP contribution in [0.15, 0.2) is 18.2 Å². The lowest BCUT2D eigenvalue weighted by Crippen LogP contribution is -2.25. The molecule has 1 unspecified atom stereocenters. The highest BCUT2D eigenvalue weighted by molar-refractivity contribution is 7.90. The van der Waals surface area contributed by atoms with Crippen LogP contribution in [0.3, 0.4) is 0 Å². The summed E-state index contributed by atoms with van der Waals surface area (Å²) in [4.78, 5) is 11.4. The van der Waals surface area contributed by atoms with E-state index in [1.165, 1.54) is 13.2 Å². The third-order valence-electron chi connectivity index (χ3n) is 2.34. The number of rotatable bonds is 5. The van der Waals surface area contributed by atoms with Crippen molar-refractivity contribution >= 4 is 33.1 Å². The maximum Gasteiger partial charge on any atom is 0.337 e.